The van der Waals surface area contributed by atoms with Gasteiger partial charge < -0.3 is 14.2 Å². The van der Waals surface area contributed by atoms with E-state index in [2.05, 4.69) is 19.7 Å². The average Bonchev–Trinajstić information content (AvgIpc) is 2.46. The largest absolute Gasteiger partial charge is 0.462 e. The molecule has 0 heterocycles. The summed E-state index contributed by atoms with van der Waals surface area (Å²) in [5.74, 6) is -1.58. The number of carbonyl (C=O) groups is 3. The monoisotopic (exact) mass is 338 g/mol. The molecule has 0 saturated heterocycles. The molecule has 0 radical (unpaired) electrons. The Morgan fingerprint density at radius 1 is 0.833 bits per heavy atom. The van der Waals surface area contributed by atoms with Crippen molar-refractivity contribution in [3.8, 4) is 0 Å². The van der Waals surface area contributed by atoms with Gasteiger partial charge in [0.1, 0.15) is 12.2 Å². The van der Waals surface area contributed by atoms with Crippen molar-refractivity contribution < 1.29 is 28.6 Å². The summed E-state index contributed by atoms with van der Waals surface area (Å²) in [4.78, 5) is 34.6. The van der Waals surface area contributed by atoms with Crippen LogP contribution >= 0.6 is 0 Å². The minimum absolute atomic E-state index is 0.0565. The highest BCUT2D eigenvalue weighted by Gasteiger charge is 2.21. The Labute approximate surface area is 143 Å². The van der Waals surface area contributed by atoms with E-state index >= 15 is 0 Å². The van der Waals surface area contributed by atoms with Crippen molar-refractivity contribution in [1.82, 2.24) is 0 Å². The van der Waals surface area contributed by atoms with E-state index in [0.29, 0.717) is 0 Å². The summed E-state index contributed by atoms with van der Waals surface area (Å²) in [5.41, 5.74) is 0.826. The average molecular weight is 338 g/mol. The predicted molar refractivity (Wildman–Crippen MR) is 90.1 cm³/mol. The summed E-state index contributed by atoms with van der Waals surface area (Å²) >= 11 is 0. The smallest absolute Gasteiger partial charge is 0.333 e. The molecule has 0 amide bonds. The zero-order chi connectivity index (χ0) is 18.9. The fraction of sp³-hybridized carbons (Fsp3) is 0.500. The second-order valence-corrected chi connectivity index (χ2v) is 5.74. The lowest BCUT2D eigenvalue weighted by molar-refractivity contribution is -0.151. The maximum atomic E-state index is 11.7. The van der Waals surface area contributed by atoms with Crippen LogP contribution < -0.4 is 0 Å². The maximum Gasteiger partial charge on any atom is 0.333 e. The standard InChI is InChI=1S/C18H26O6/c1-11(2)16(19)22-9-8-15(24-18(21)13(5)6)10-14(7)23-17(20)12(3)4/h14-15H,1,3,5,8-10H2,2,4,6-7H3. The van der Waals surface area contributed by atoms with E-state index < -0.39 is 30.1 Å². The first kappa shape index (κ1) is 21.6. The van der Waals surface area contributed by atoms with Crippen molar-refractivity contribution >= 4 is 17.9 Å². The van der Waals surface area contributed by atoms with Crippen molar-refractivity contribution in [2.45, 2.75) is 52.7 Å². The molecule has 0 aromatic rings. The third-order valence-electron chi connectivity index (χ3n) is 2.90. The zero-order valence-corrected chi connectivity index (χ0v) is 14.8. The first-order valence-corrected chi connectivity index (χ1v) is 7.60. The quantitative estimate of drug-likeness (QED) is 0.346. The van der Waals surface area contributed by atoms with Crippen LogP contribution in [0, 0.1) is 0 Å². The summed E-state index contributed by atoms with van der Waals surface area (Å²) in [6.07, 6.45) is -0.538. The van der Waals surface area contributed by atoms with Gasteiger partial charge in [0, 0.05) is 29.6 Å². The molecular weight excluding hydrogens is 312 g/mol. The molecule has 6 nitrogen and oxygen atoms in total. The second-order valence-electron chi connectivity index (χ2n) is 5.74. The molecule has 0 aromatic carbocycles. The number of hydrogen-bond donors (Lipinski definition) is 0. The van der Waals surface area contributed by atoms with Gasteiger partial charge >= 0.3 is 17.9 Å². The molecule has 0 aromatic heterocycles. The van der Waals surface area contributed by atoms with Gasteiger partial charge in [-0.1, -0.05) is 19.7 Å². The van der Waals surface area contributed by atoms with Gasteiger partial charge in [0.2, 0.25) is 0 Å². The molecule has 134 valence electrons. The van der Waals surface area contributed by atoms with Gasteiger partial charge in [0.25, 0.3) is 0 Å². The minimum atomic E-state index is -0.583. The molecule has 0 aliphatic heterocycles. The lowest BCUT2D eigenvalue weighted by atomic mass is 10.1. The highest BCUT2D eigenvalue weighted by Crippen LogP contribution is 2.14. The van der Waals surface area contributed by atoms with Gasteiger partial charge in [-0.05, 0) is 27.7 Å². The Balaban J connectivity index is 4.68. The Bertz CT molecular complexity index is 532. The van der Waals surface area contributed by atoms with Crippen LogP contribution in [0.25, 0.3) is 0 Å². The SMILES string of the molecule is C=C(C)C(=O)OCCC(CC(C)OC(=O)C(=C)C)OC(=O)C(=C)C. The van der Waals surface area contributed by atoms with E-state index in [9.17, 15) is 14.4 Å². The summed E-state index contributed by atoms with van der Waals surface area (Å²) in [6, 6.07) is 0. The first-order valence-electron chi connectivity index (χ1n) is 7.60. The van der Waals surface area contributed by atoms with Crippen LogP contribution in [0.5, 0.6) is 0 Å². The van der Waals surface area contributed by atoms with E-state index in [4.69, 9.17) is 14.2 Å². The van der Waals surface area contributed by atoms with Crippen LogP contribution in [0.4, 0.5) is 0 Å². The number of ether oxygens (including phenoxy) is 3. The van der Waals surface area contributed by atoms with Crippen molar-refractivity contribution in [1.29, 1.82) is 0 Å². The summed E-state index contributed by atoms with van der Waals surface area (Å²) in [5, 5.41) is 0. The van der Waals surface area contributed by atoms with Gasteiger partial charge in [-0.25, -0.2) is 14.4 Å². The normalized spacial score (nSPS) is 12.5. The number of esters is 3. The Morgan fingerprint density at radius 3 is 1.75 bits per heavy atom. The van der Waals surface area contributed by atoms with Crippen LogP contribution in [-0.2, 0) is 28.6 Å². The Morgan fingerprint density at radius 2 is 1.29 bits per heavy atom. The molecular formula is C18H26O6. The van der Waals surface area contributed by atoms with Gasteiger partial charge in [-0.3, -0.25) is 0 Å². The molecule has 6 heteroatoms. The molecule has 0 aliphatic carbocycles. The van der Waals surface area contributed by atoms with Gasteiger partial charge in [-0.15, -0.1) is 0 Å². The van der Waals surface area contributed by atoms with E-state index in [-0.39, 0.29) is 36.2 Å². The van der Waals surface area contributed by atoms with Crippen LogP contribution in [0.2, 0.25) is 0 Å². The molecule has 0 aliphatic rings. The van der Waals surface area contributed by atoms with E-state index in [1.165, 1.54) is 6.92 Å². The van der Waals surface area contributed by atoms with Crippen LogP contribution in [-0.4, -0.2) is 36.7 Å². The third kappa shape index (κ3) is 8.92. The van der Waals surface area contributed by atoms with Gasteiger partial charge in [0.05, 0.1) is 6.61 Å². The molecule has 0 saturated carbocycles. The van der Waals surface area contributed by atoms with Crippen molar-refractivity contribution in [2.75, 3.05) is 6.61 Å². The lowest BCUT2D eigenvalue weighted by Crippen LogP contribution is -2.27. The van der Waals surface area contributed by atoms with Crippen molar-refractivity contribution in [3.05, 3.63) is 36.5 Å². The molecule has 0 spiro atoms. The molecule has 0 N–H and O–H groups in total. The zero-order valence-electron chi connectivity index (χ0n) is 14.8. The van der Waals surface area contributed by atoms with Crippen LogP contribution in [0.3, 0.4) is 0 Å². The molecule has 0 fully saturated rings. The molecule has 0 rings (SSSR count). The van der Waals surface area contributed by atoms with Crippen LogP contribution in [0.1, 0.15) is 40.5 Å². The molecule has 24 heavy (non-hydrogen) atoms. The van der Waals surface area contributed by atoms with E-state index in [1.807, 2.05) is 0 Å². The molecule has 0 bridgehead atoms. The number of rotatable bonds is 10. The third-order valence-corrected chi connectivity index (χ3v) is 2.90. The summed E-state index contributed by atoms with van der Waals surface area (Å²) in [7, 11) is 0. The summed E-state index contributed by atoms with van der Waals surface area (Å²) in [6.45, 7) is 16.9. The van der Waals surface area contributed by atoms with Gasteiger partial charge in [0.15, 0.2) is 0 Å². The maximum absolute atomic E-state index is 11.7. The van der Waals surface area contributed by atoms with Crippen LogP contribution in [0.15, 0.2) is 36.5 Å². The van der Waals surface area contributed by atoms with E-state index in [0.717, 1.165) is 0 Å². The first-order chi connectivity index (χ1) is 11.0. The topological polar surface area (TPSA) is 78.9 Å². The fourth-order valence-electron chi connectivity index (χ4n) is 1.58. The minimum Gasteiger partial charge on any atom is -0.462 e. The highest BCUT2D eigenvalue weighted by atomic mass is 16.6. The lowest BCUT2D eigenvalue weighted by Gasteiger charge is -2.22. The Hall–Kier alpha value is -2.37. The van der Waals surface area contributed by atoms with Crippen molar-refractivity contribution in [3.63, 3.8) is 0 Å². The number of carbonyl (C=O) groups excluding carboxylic acids is 3. The van der Waals surface area contributed by atoms with Crippen molar-refractivity contribution in [2.24, 2.45) is 0 Å². The fourth-order valence-corrected chi connectivity index (χ4v) is 1.58. The van der Waals surface area contributed by atoms with E-state index in [1.54, 1.807) is 20.8 Å². The van der Waals surface area contributed by atoms with Gasteiger partial charge in [-0.2, -0.15) is 0 Å². The molecule has 2 atom stereocenters. The predicted octanol–water partition coefficient (Wildman–Crippen LogP) is 2.88. The number of hydrogen-bond acceptors (Lipinski definition) is 6. The highest BCUT2D eigenvalue weighted by molar-refractivity contribution is 5.88. The molecule has 2 unspecified atom stereocenters. The second kappa shape index (κ2) is 10.4. The Kier molecular flexibility index (Phi) is 9.38. The summed E-state index contributed by atoms with van der Waals surface area (Å²) < 4.78 is 15.5.